The van der Waals surface area contributed by atoms with Crippen LogP contribution in [0.3, 0.4) is 0 Å². The van der Waals surface area contributed by atoms with Gasteiger partial charge in [-0.2, -0.15) is 0 Å². The van der Waals surface area contributed by atoms with Crippen LogP contribution in [-0.4, -0.2) is 15.9 Å². The van der Waals surface area contributed by atoms with Crippen LogP contribution in [0.15, 0.2) is 52.1 Å². The second-order valence-electron chi connectivity index (χ2n) is 7.46. The van der Waals surface area contributed by atoms with Gasteiger partial charge in [0.15, 0.2) is 0 Å². The average Bonchev–Trinajstić information content (AvgIpc) is 2.66. The van der Waals surface area contributed by atoms with E-state index in [0.29, 0.717) is 5.56 Å². The molecule has 0 radical (unpaired) electrons. The van der Waals surface area contributed by atoms with Crippen LogP contribution < -0.4 is 16.4 Å². The topological polar surface area (TPSA) is 94.8 Å². The number of nitrogens with one attached hydrogen (secondary N) is 3. The Morgan fingerprint density at radius 3 is 2.41 bits per heavy atom. The molecule has 2 aromatic heterocycles. The number of amides is 1. The molecule has 0 unspecified atom stereocenters. The summed E-state index contributed by atoms with van der Waals surface area (Å²) in [5.41, 5.74) is 4.27. The molecule has 1 amide bonds. The molecule has 29 heavy (non-hydrogen) atoms. The first kappa shape index (κ1) is 18.7. The van der Waals surface area contributed by atoms with Gasteiger partial charge in [0.05, 0.1) is 5.52 Å². The normalized spacial score (nSPS) is 11.1. The van der Waals surface area contributed by atoms with Crippen LogP contribution in [0.2, 0.25) is 0 Å². The molecular formula is C23H21N3O3. The highest BCUT2D eigenvalue weighted by Gasteiger charge is 2.14. The zero-order valence-electron chi connectivity index (χ0n) is 16.5. The number of pyridine rings is 2. The molecule has 0 saturated heterocycles. The molecular weight excluding hydrogens is 366 g/mol. The van der Waals surface area contributed by atoms with E-state index in [1.807, 2.05) is 51.1 Å². The van der Waals surface area contributed by atoms with E-state index in [2.05, 4.69) is 15.3 Å². The van der Waals surface area contributed by atoms with Crippen LogP contribution in [-0.2, 0) is 6.54 Å². The quantitative estimate of drug-likeness (QED) is 0.504. The molecule has 0 spiro atoms. The fraction of sp³-hybridized carbons (Fsp3) is 0.174. The lowest BCUT2D eigenvalue weighted by Gasteiger charge is -2.09. The van der Waals surface area contributed by atoms with Crippen molar-refractivity contribution in [3.8, 4) is 0 Å². The van der Waals surface area contributed by atoms with Gasteiger partial charge in [-0.15, -0.1) is 0 Å². The third-order valence-corrected chi connectivity index (χ3v) is 5.05. The molecule has 146 valence electrons. The van der Waals surface area contributed by atoms with E-state index in [1.54, 1.807) is 12.1 Å². The SMILES string of the molecule is Cc1ccc2[nH]c(=O)c(CNC(=O)c3cc4cc(C)cc(C)c4[nH]c3=O)cc2c1. The lowest BCUT2D eigenvalue weighted by molar-refractivity contribution is 0.0949. The Hall–Kier alpha value is -3.67. The predicted octanol–water partition coefficient (Wildman–Crippen LogP) is 3.22. The van der Waals surface area contributed by atoms with Gasteiger partial charge in [0.2, 0.25) is 0 Å². The van der Waals surface area contributed by atoms with E-state index in [-0.39, 0.29) is 17.7 Å². The number of rotatable bonds is 3. The van der Waals surface area contributed by atoms with Gasteiger partial charge in [-0.05, 0) is 67.4 Å². The highest BCUT2D eigenvalue weighted by Crippen LogP contribution is 2.18. The van der Waals surface area contributed by atoms with Crippen LogP contribution >= 0.6 is 0 Å². The number of hydrogen-bond acceptors (Lipinski definition) is 3. The number of carbonyl (C=O) groups excluding carboxylic acids is 1. The minimum Gasteiger partial charge on any atom is -0.348 e. The van der Waals surface area contributed by atoms with Crippen molar-refractivity contribution < 1.29 is 4.79 Å². The van der Waals surface area contributed by atoms with Crippen molar-refractivity contribution in [2.24, 2.45) is 0 Å². The minimum absolute atomic E-state index is 0.0237. The van der Waals surface area contributed by atoms with E-state index >= 15 is 0 Å². The largest absolute Gasteiger partial charge is 0.348 e. The summed E-state index contributed by atoms with van der Waals surface area (Å²) in [6, 6.07) is 13.0. The van der Waals surface area contributed by atoms with Crippen LogP contribution in [0.4, 0.5) is 0 Å². The second-order valence-corrected chi connectivity index (χ2v) is 7.46. The molecule has 6 nitrogen and oxygen atoms in total. The van der Waals surface area contributed by atoms with Crippen molar-refractivity contribution in [1.29, 1.82) is 0 Å². The molecule has 0 fully saturated rings. The maximum atomic E-state index is 12.6. The summed E-state index contributed by atoms with van der Waals surface area (Å²) in [5, 5.41) is 4.38. The summed E-state index contributed by atoms with van der Waals surface area (Å²) in [7, 11) is 0. The number of aryl methyl sites for hydroxylation is 3. The number of H-pyrrole nitrogens is 2. The zero-order chi connectivity index (χ0) is 20.7. The first-order chi connectivity index (χ1) is 13.8. The number of carbonyl (C=O) groups is 1. The van der Waals surface area contributed by atoms with Gasteiger partial charge in [0.1, 0.15) is 5.56 Å². The Bertz CT molecular complexity index is 1400. The number of benzene rings is 2. The van der Waals surface area contributed by atoms with Crippen molar-refractivity contribution in [3.63, 3.8) is 0 Å². The first-order valence-electron chi connectivity index (χ1n) is 9.37. The van der Waals surface area contributed by atoms with E-state index in [1.165, 1.54) is 0 Å². The fourth-order valence-electron chi connectivity index (χ4n) is 3.63. The molecule has 3 N–H and O–H groups in total. The van der Waals surface area contributed by atoms with Crippen LogP contribution in [0.25, 0.3) is 21.8 Å². The molecule has 0 saturated carbocycles. The van der Waals surface area contributed by atoms with Crippen LogP contribution in [0.5, 0.6) is 0 Å². The summed E-state index contributed by atoms with van der Waals surface area (Å²) in [5.74, 6) is -0.518. The molecule has 0 bridgehead atoms. The van der Waals surface area contributed by atoms with E-state index in [4.69, 9.17) is 0 Å². The smallest absolute Gasteiger partial charge is 0.261 e. The van der Waals surface area contributed by atoms with Gasteiger partial charge in [-0.3, -0.25) is 14.4 Å². The lowest BCUT2D eigenvalue weighted by Crippen LogP contribution is -2.31. The van der Waals surface area contributed by atoms with E-state index < -0.39 is 11.5 Å². The Kier molecular flexibility index (Phi) is 4.54. The van der Waals surface area contributed by atoms with Crippen molar-refractivity contribution in [3.05, 3.63) is 91.0 Å². The minimum atomic E-state index is -0.518. The third-order valence-electron chi connectivity index (χ3n) is 5.05. The molecule has 0 aliphatic heterocycles. The monoisotopic (exact) mass is 387 g/mol. The average molecular weight is 387 g/mol. The van der Waals surface area contributed by atoms with Gasteiger partial charge in [0.25, 0.3) is 17.0 Å². The summed E-state index contributed by atoms with van der Waals surface area (Å²) in [6.45, 7) is 5.88. The highest BCUT2D eigenvalue weighted by atomic mass is 16.2. The molecule has 0 aliphatic carbocycles. The Morgan fingerprint density at radius 2 is 1.62 bits per heavy atom. The molecule has 0 aliphatic rings. The van der Waals surface area contributed by atoms with Crippen molar-refractivity contribution >= 4 is 27.7 Å². The first-order valence-corrected chi connectivity index (χ1v) is 9.37. The predicted molar refractivity (Wildman–Crippen MR) is 115 cm³/mol. The molecule has 4 aromatic rings. The maximum Gasteiger partial charge on any atom is 0.261 e. The zero-order valence-corrected chi connectivity index (χ0v) is 16.5. The summed E-state index contributed by atoms with van der Waals surface area (Å²) >= 11 is 0. The Balaban J connectivity index is 1.64. The fourth-order valence-corrected chi connectivity index (χ4v) is 3.63. The van der Waals surface area contributed by atoms with Crippen molar-refractivity contribution in [2.45, 2.75) is 27.3 Å². The molecule has 6 heteroatoms. The highest BCUT2D eigenvalue weighted by molar-refractivity contribution is 5.97. The molecule has 2 aromatic carbocycles. The van der Waals surface area contributed by atoms with Crippen LogP contribution in [0, 0.1) is 20.8 Å². The van der Waals surface area contributed by atoms with Gasteiger partial charge < -0.3 is 15.3 Å². The summed E-state index contributed by atoms with van der Waals surface area (Å²) in [4.78, 5) is 43.0. The summed E-state index contributed by atoms with van der Waals surface area (Å²) < 4.78 is 0. The number of aromatic nitrogens is 2. The van der Waals surface area contributed by atoms with Gasteiger partial charge in [-0.25, -0.2) is 0 Å². The van der Waals surface area contributed by atoms with E-state index in [0.717, 1.165) is 38.5 Å². The standard InChI is InChI=1S/C23H21N3O3/c1-12-4-5-19-15(7-12)9-17(21(27)25-19)11-24-22(28)18-10-16-8-13(2)6-14(3)20(16)26-23(18)29/h4-10H,11H2,1-3H3,(H,24,28)(H,25,27)(H,26,29). The number of aromatic amines is 2. The molecule has 4 rings (SSSR count). The Morgan fingerprint density at radius 1 is 0.862 bits per heavy atom. The Labute approximate surface area is 166 Å². The number of hydrogen-bond donors (Lipinski definition) is 3. The van der Waals surface area contributed by atoms with Crippen molar-refractivity contribution in [2.75, 3.05) is 0 Å². The second kappa shape index (κ2) is 7.05. The maximum absolute atomic E-state index is 12.6. The van der Waals surface area contributed by atoms with Crippen LogP contribution in [0.1, 0.15) is 32.6 Å². The molecule has 0 atom stereocenters. The summed E-state index contributed by atoms with van der Waals surface area (Å²) in [6.07, 6.45) is 0. The van der Waals surface area contributed by atoms with Gasteiger partial charge in [-0.1, -0.05) is 23.3 Å². The van der Waals surface area contributed by atoms with Gasteiger partial charge >= 0.3 is 0 Å². The van der Waals surface area contributed by atoms with E-state index in [9.17, 15) is 14.4 Å². The van der Waals surface area contributed by atoms with Crippen molar-refractivity contribution in [1.82, 2.24) is 15.3 Å². The molecule has 2 heterocycles. The van der Waals surface area contributed by atoms with Gasteiger partial charge in [0, 0.05) is 17.6 Å². The number of fused-ring (bicyclic) bond motifs is 2. The third kappa shape index (κ3) is 3.57. The lowest BCUT2D eigenvalue weighted by atomic mass is 10.0.